The fourth-order valence-corrected chi connectivity index (χ4v) is 2.63. The fraction of sp³-hybridized carbons (Fsp3) is 0.714. The van der Waals surface area contributed by atoms with Crippen LogP contribution in [0.5, 0.6) is 0 Å². The smallest absolute Gasteiger partial charge is 0.118 e. The van der Waals surface area contributed by atoms with Gasteiger partial charge in [0.2, 0.25) is 0 Å². The van der Waals surface area contributed by atoms with Crippen LogP contribution in [-0.2, 0) is 13.1 Å². The van der Waals surface area contributed by atoms with Crippen molar-refractivity contribution < 1.29 is 4.42 Å². The molecule has 0 radical (unpaired) electrons. The van der Waals surface area contributed by atoms with Crippen molar-refractivity contribution in [2.45, 2.75) is 58.7 Å². The summed E-state index contributed by atoms with van der Waals surface area (Å²) in [5, 5.41) is 0. The van der Waals surface area contributed by atoms with E-state index in [9.17, 15) is 0 Å². The summed E-state index contributed by atoms with van der Waals surface area (Å²) in [6.07, 6.45) is 5.39. The first-order chi connectivity index (χ1) is 8.20. The Kier molecular flexibility index (Phi) is 4.24. The lowest BCUT2D eigenvalue weighted by molar-refractivity contribution is 0.204. The highest BCUT2D eigenvalue weighted by molar-refractivity contribution is 5.20. The predicted octanol–water partition coefficient (Wildman–Crippen LogP) is 2.81. The minimum atomic E-state index is 0.496. The molecule has 1 aromatic heterocycles. The number of nitrogens with zero attached hydrogens (tertiary/aromatic N) is 1. The molecule has 0 spiro atoms. The molecule has 0 amide bonds. The van der Waals surface area contributed by atoms with Gasteiger partial charge in [-0.1, -0.05) is 12.8 Å². The number of nitrogens with two attached hydrogens (primary N) is 1. The van der Waals surface area contributed by atoms with E-state index in [1.807, 2.05) is 6.92 Å². The predicted molar refractivity (Wildman–Crippen MR) is 69.7 cm³/mol. The van der Waals surface area contributed by atoms with E-state index >= 15 is 0 Å². The molecule has 1 fully saturated rings. The SMILES string of the molecule is Cc1oc(CN)cc1CN1CCCCCC1C. The average Bonchev–Trinajstić information content (AvgIpc) is 2.54. The van der Waals surface area contributed by atoms with Gasteiger partial charge in [-0.15, -0.1) is 0 Å². The molecule has 1 atom stereocenters. The van der Waals surface area contributed by atoms with Crippen LogP contribution >= 0.6 is 0 Å². The molecule has 2 N–H and O–H groups in total. The van der Waals surface area contributed by atoms with Crippen molar-refractivity contribution in [3.63, 3.8) is 0 Å². The van der Waals surface area contributed by atoms with Gasteiger partial charge in [0.05, 0.1) is 6.54 Å². The summed E-state index contributed by atoms with van der Waals surface area (Å²) in [4.78, 5) is 2.57. The molecule has 17 heavy (non-hydrogen) atoms. The largest absolute Gasteiger partial charge is 0.465 e. The summed E-state index contributed by atoms with van der Waals surface area (Å²) < 4.78 is 5.62. The van der Waals surface area contributed by atoms with Gasteiger partial charge in [-0.05, 0) is 39.3 Å². The molecule has 0 saturated carbocycles. The van der Waals surface area contributed by atoms with E-state index in [4.69, 9.17) is 10.2 Å². The van der Waals surface area contributed by atoms with Gasteiger partial charge in [-0.3, -0.25) is 4.90 Å². The van der Waals surface area contributed by atoms with Crippen LogP contribution in [0.15, 0.2) is 10.5 Å². The number of rotatable bonds is 3. The van der Waals surface area contributed by atoms with Crippen LogP contribution in [0.3, 0.4) is 0 Å². The lowest BCUT2D eigenvalue weighted by Crippen LogP contribution is -2.32. The molecular weight excluding hydrogens is 212 g/mol. The number of furan rings is 1. The third-order valence-corrected chi connectivity index (χ3v) is 3.84. The molecule has 3 heteroatoms. The summed E-state index contributed by atoms with van der Waals surface area (Å²) in [5.74, 6) is 1.93. The van der Waals surface area contributed by atoms with Gasteiger partial charge in [0.25, 0.3) is 0 Å². The molecule has 1 saturated heterocycles. The molecule has 3 nitrogen and oxygen atoms in total. The molecule has 0 aliphatic carbocycles. The highest BCUT2D eigenvalue weighted by atomic mass is 16.3. The van der Waals surface area contributed by atoms with Crippen molar-refractivity contribution in [1.29, 1.82) is 0 Å². The zero-order valence-corrected chi connectivity index (χ0v) is 11.0. The van der Waals surface area contributed by atoms with Gasteiger partial charge in [-0.25, -0.2) is 0 Å². The van der Waals surface area contributed by atoms with Crippen molar-refractivity contribution in [3.05, 3.63) is 23.2 Å². The number of hydrogen-bond donors (Lipinski definition) is 1. The van der Waals surface area contributed by atoms with Gasteiger partial charge in [0.15, 0.2) is 0 Å². The van der Waals surface area contributed by atoms with Gasteiger partial charge in [0, 0.05) is 18.2 Å². The van der Waals surface area contributed by atoms with E-state index < -0.39 is 0 Å². The Morgan fingerprint density at radius 3 is 2.94 bits per heavy atom. The molecule has 96 valence electrons. The zero-order valence-electron chi connectivity index (χ0n) is 11.0. The normalized spacial score (nSPS) is 22.6. The Morgan fingerprint density at radius 1 is 1.41 bits per heavy atom. The van der Waals surface area contributed by atoms with Gasteiger partial charge in [-0.2, -0.15) is 0 Å². The lowest BCUT2D eigenvalue weighted by atomic mass is 10.1. The van der Waals surface area contributed by atoms with Gasteiger partial charge in [0.1, 0.15) is 11.5 Å². The minimum Gasteiger partial charge on any atom is -0.465 e. The van der Waals surface area contributed by atoms with E-state index in [1.54, 1.807) is 0 Å². The Morgan fingerprint density at radius 2 is 2.24 bits per heavy atom. The number of aryl methyl sites for hydroxylation is 1. The maximum Gasteiger partial charge on any atom is 0.118 e. The summed E-state index contributed by atoms with van der Waals surface area (Å²) in [6.45, 7) is 7.10. The fourth-order valence-electron chi connectivity index (χ4n) is 2.63. The molecule has 0 bridgehead atoms. The van der Waals surface area contributed by atoms with Crippen LogP contribution in [0.2, 0.25) is 0 Å². The quantitative estimate of drug-likeness (QED) is 0.877. The van der Waals surface area contributed by atoms with E-state index in [-0.39, 0.29) is 0 Å². The Labute approximate surface area is 104 Å². The van der Waals surface area contributed by atoms with Crippen molar-refractivity contribution >= 4 is 0 Å². The summed E-state index contributed by atoms with van der Waals surface area (Å²) in [6, 6.07) is 2.81. The number of likely N-dealkylation sites (tertiary alicyclic amines) is 1. The molecule has 0 aromatic carbocycles. The first kappa shape index (κ1) is 12.7. The summed E-state index contributed by atoms with van der Waals surface area (Å²) in [5.41, 5.74) is 6.91. The maximum absolute atomic E-state index is 5.62. The molecular formula is C14H24N2O. The highest BCUT2D eigenvalue weighted by Crippen LogP contribution is 2.22. The molecule has 1 aromatic rings. The van der Waals surface area contributed by atoms with Crippen molar-refractivity contribution in [2.24, 2.45) is 5.73 Å². The van der Waals surface area contributed by atoms with E-state index in [0.717, 1.165) is 18.1 Å². The second kappa shape index (κ2) is 5.69. The van der Waals surface area contributed by atoms with Crippen LogP contribution in [0.25, 0.3) is 0 Å². The summed E-state index contributed by atoms with van der Waals surface area (Å²) >= 11 is 0. The van der Waals surface area contributed by atoms with Crippen LogP contribution < -0.4 is 5.73 Å². The third-order valence-electron chi connectivity index (χ3n) is 3.84. The average molecular weight is 236 g/mol. The van der Waals surface area contributed by atoms with Crippen LogP contribution in [0.1, 0.15) is 49.7 Å². The van der Waals surface area contributed by atoms with Crippen LogP contribution in [0.4, 0.5) is 0 Å². The Bertz CT molecular complexity index is 359. The van der Waals surface area contributed by atoms with Crippen LogP contribution in [0, 0.1) is 6.92 Å². The first-order valence-electron chi connectivity index (χ1n) is 6.73. The highest BCUT2D eigenvalue weighted by Gasteiger charge is 2.18. The lowest BCUT2D eigenvalue weighted by Gasteiger charge is -2.26. The van der Waals surface area contributed by atoms with E-state index in [1.165, 1.54) is 37.8 Å². The Balaban J connectivity index is 2.05. The standard InChI is InChI=1S/C14H24N2O/c1-11-6-4-3-5-7-16(11)10-13-8-14(9-15)17-12(13)2/h8,11H,3-7,9-10,15H2,1-2H3. The van der Waals surface area contributed by atoms with Crippen molar-refractivity contribution in [1.82, 2.24) is 4.90 Å². The molecule has 1 aliphatic rings. The monoisotopic (exact) mass is 236 g/mol. The topological polar surface area (TPSA) is 42.4 Å². The Hall–Kier alpha value is -0.800. The third kappa shape index (κ3) is 3.11. The molecule has 1 aliphatic heterocycles. The van der Waals surface area contributed by atoms with Crippen molar-refractivity contribution in [3.8, 4) is 0 Å². The van der Waals surface area contributed by atoms with Gasteiger partial charge < -0.3 is 10.2 Å². The molecule has 2 heterocycles. The first-order valence-corrected chi connectivity index (χ1v) is 6.73. The zero-order chi connectivity index (χ0) is 12.3. The van der Waals surface area contributed by atoms with E-state index in [2.05, 4.69) is 17.9 Å². The summed E-state index contributed by atoms with van der Waals surface area (Å²) in [7, 11) is 0. The maximum atomic E-state index is 5.62. The molecule has 2 rings (SSSR count). The minimum absolute atomic E-state index is 0.496. The second-order valence-corrected chi connectivity index (χ2v) is 5.17. The molecule has 1 unspecified atom stereocenters. The number of hydrogen-bond acceptors (Lipinski definition) is 3. The van der Waals surface area contributed by atoms with Crippen LogP contribution in [-0.4, -0.2) is 17.5 Å². The van der Waals surface area contributed by atoms with E-state index in [0.29, 0.717) is 12.6 Å². The van der Waals surface area contributed by atoms with Crippen molar-refractivity contribution in [2.75, 3.05) is 6.54 Å². The van der Waals surface area contributed by atoms with Gasteiger partial charge >= 0.3 is 0 Å². The second-order valence-electron chi connectivity index (χ2n) is 5.17.